The van der Waals surface area contributed by atoms with E-state index < -0.39 is 0 Å². The predicted molar refractivity (Wildman–Crippen MR) is 68.6 cm³/mol. The Bertz CT molecular complexity index is 295. The van der Waals surface area contributed by atoms with Crippen LogP contribution in [0.25, 0.3) is 0 Å². The van der Waals surface area contributed by atoms with E-state index in [2.05, 4.69) is 6.92 Å². The van der Waals surface area contributed by atoms with Crippen molar-refractivity contribution in [2.75, 3.05) is 0 Å². The van der Waals surface area contributed by atoms with Gasteiger partial charge in [0, 0.05) is 0 Å². The summed E-state index contributed by atoms with van der Waals surface area (Å²) in [4.78, 5) is 0. The van der Waals surface area contributed by atoms with Crippen LogP contribution < -0.4 is 0 Å². The molecule has 0 saturated heterocycles. The summed E-state index contributed by atoms with van der Waals surface area (Å²) < 4.78 is 0. The van der Waals surface area contributed by atoms with E-state index in [4.69, 9.17) is 12.2 Å². The van der Waals surface area contributed by atoms with Crippen LogP contribution in [0, 0.1) is 0 Å². The number of benzene rings is 1. The van der Waals surface area contributed by atoms with Gasteiger partial charge in [-0.2, -0.15) is 0 Å². The van der Waals surface area contributed by atoms with E-state index in [1.807, 2.05) is 30.3 Å². The van der Waals surface area contributed by atoms with Crippen LogP contribution in [-0.2, 0) is 0 Å². The summed E-state index contributed by atoms with van der Waals surface area (Å²) in [5, 5.41) is 9.62. The zero-order chi connectivity index (χ0) is 11.1. The van der Waals surface area contributed by atoms with Gasteiger partial charge in [-0.25, -0.2) is 0 Å². The first-order valence-corrected chi connectivity index (χ1v) is 5.94. The summed E-state index contributed by atoms with van der Waals surface area (Å²) in [6.45, 7) is 2.18. The van der Waals surface area contributed by atoms with E-state index in [9.17, 15) is 5.11 Å². The molecule has 1 rings (SSSR count). The SMILES string of the molecule is CCCCCC(C(O)=S)c1ccccc1. The highest BCUT2D eigenvalue weighted by Crippen LogP contribution is 2.23. The van der Waals surface area contributed by atoms with Crippen LogP contribution in [0.1, 0.15) is 44.1 Å². The molecule has 0 bridgehead atoms. The second kappa shape index (κ2) is 6.57. The Balaban J connectivity index is 2.62. The molecule has 2 heteroatoms. The summed E-state index contributed by atoms with van der Waals surface area (Å²) in [6, 6.07) is 10.0. The number of hydrogen-bond donors (Lipinski definition) is 1. The topological polar surface area (TPSA) is 20.2 Å². The molecule has 1 N–H and O–H groups in total. The molecule has 0 fully saturated rings. The Morgan fingerprint density at radius 2 is 1.93 bits per heavy atom. The molecular weight excluding hydrogens is 204 g/mol. The van der Waals surface area contributed by atoms with Crippen molar-refractivity contribution in [3.63, 3.8) is 0 Å². The van der Waals surface area contributed by atoms with Crippen molar-refractivity contribution in [2.45, 2.75) is 38.5 Å². The lowest BCUT2D eigenvalue weighted by molar-refractivity contribution is 0.512. The Kier molecular flexibility index (Phi) is 5.33. The zero-order valence-corrected chi connectivity index (χ0v) is 9.96. The van der Waals surface area contributed by atoms with Gasteiger partial charge in [-0.3, -0.25) is 0 Å². The minimum atomic E-state index is 0.0350. The average molecular weight is 222 g/mol. The minimum Gasteiger partial charge on any atom is -0.502 e. The highest BCUT2D eigenvalue weighted by molar-refractivity contribution is 7.80. The standard InChI is InChI=1S/C13H18OS/c1-2-3-5-10-12(13(14)15)11-8-6-4-7-9-11/h4,6-9,12H,2-3,5,10H2,1H3,(H,14,15). The highest BCUT2D eigenvalue weighted by atomic mass is 32.1. The molecule has 1 aromatic rings. The maximum atomic E-state index is 9.50. The van der Waals surface area contributed by atoms with Crippen molar-refractivity contribution in [3.05, 3.63) is 35.9 Å². The second-order valence-electron chi connectivity index (χ2n) is 3.80. The van der Waals surface area contributed by atoms with Crippen molar-refractivity contribution >= 4 is 17.3 Å². The normalized spacial score (nSPS) is 12.3. The molecule has 15 heavy (non-hydrogen) atoms. The van der Waals surface area contributed by atoms with Crippen LogP contribution >= 0.6 is 12.2 Å². The molecule has 0 radical (unpaired) electrons. The van der Waals surface area contributed by atoms with Crippen LogP contribution in [-0.4, -0.2) is 10.2 Å². The van der Waals surface area contributed by atoms with Gasteiger partial charge in [0.25, 0.3) is 0 Å². The molecule has 1 atom stereocenters. The number of hydrogen-bond acceptors (Lipinski definition) is 1. The molecule has 0 amide bonds. The van der Waals surface area contributed by atoms with Gasteiger partial charge in [0.2, 0.25) is 0 Å². The molecule has 0 heterocycles. The first-order chi connectivity index (χ1) is 7.25. The predicted octanol–water partition coefficient (Wildman–Crippen LogP) is 4.24. The fourth-order valence-corrected chi connectivity index (χ4v) is 1.97. The first kappa shape index (κ1) is 12.2. The second-order valence-corrected chi connectivity index (χ2v) is 4.22. The van der Waals surface area contributed by atoms with E-state index in [-0.39, 0.29) is 11.0 Å². The van der Waals surface area contributed by atoms with Gasteiger partial charge in [-0.1, -0.05) is 56.5 Å². The average Bonchev–Trinajstić information content (AvgIpc) is 2.25. The lowest BCUT2D eigenvalue weighted by Crippen LogP contribution is -2.09. The first-order valence-electron chi connectivity index (χ1n) is 5.53. The molecule has 0 saturated carbocycles. The van der Waals surface area contributed by atoms with Gasteiger partial charge in [0.15, 0.2) is 5.05 Å². The third kappa shape index (κ3) is 4.00. The molecule has 0 aromatic heterocycles. The third-order valence-electron chi connectivity index (χ3n) is 2.60. The minimum absolute atomic E-state index is 0.0350. The van der Waals surface area contributed by atoms with Crippen molar-refractivity contribution < 1.29 is 5.11 Å². The number of unbranched alkanes of at least 4 members (excludes halogenated alkanes) is 2. The number of aliphatic hydroxyl groups excluding tert-OH is 1. The largest absolute Gasteiger partial charge is 0.502 e. The Morgan fingerprint density at radius 1 is 1.27 bits per heavy atom. The summed E-state index contributed by atoms with van der Waals surface area (Å²) >= 11 is 4.90. The fourth-order valence-electron chi connectivity index (χ4n) is 1.72. The van der Waals surface area contributed by atoms with E-state index in [0.29, 0.717) is 0 Å². The lowest BCUT2D eigenvalue weighted by Gasteiger charge is -2.14. The summed E-state index contributed by atoms with van der Waals surface area (Å²) in [5.41, 5.74) is 1.13. The summed E-state index contributed by atoms with van der Waals surface area (Å²) in [5.74, 6) is 0.0350. The monoisotopic (exact) mass is 222 g/mol. The van der Waals surface area contributed by atoms with Crippen molar-refractivity contribution in [3.8, 4) is 0 Å². The van der Waals surface area contributed by atoms with Gasteiger partial charge in [0.05, 0.1) is 5.92 Å². The quantitative estimate of drug-likeness (QED) is 0.574. The third-order valence-corrected chi connectivity index (χ3v) is 2.88. The van der Waals surface area contributed by atoms with Crippen molar-refractivity contribution in [1.29, 1.82) is 0 Å². The zero-order valence-electron chi connectivity index (χ0n) is 9.15. The van der Waals surface area contributed by atoms with Crippen molar-refractivity contribution in [1.82, 2.24) is 0 Å². The fraction of sp³-hybridized carbons (Fsp3) is 0.462. The number of rotatable bonds is 6. The molecule has 0 aliphatic rings. The van der Waals surface area contributed by atoms with E-state index >= 15 is 0 Å². The molecule has 1 nitrogen and oxygen atoms in total. The Hall–Kier alpha value is -0.890. The molecule has 0 spiro atoms. The highest BCUT2D eigenvalue weighted by Gasteiger charge is 2.14. The Labute approximate surface area is 97.1 Å². The summed E-state index contributed by atoms with van der Waals surface area (Å²) in [6.07, 6.45) is 4.47. The van der Waals surface area contributed by atoms with E-state index in [0.717, 1.165) is 18.4 Å². The van der Waals surface area contributed by atoms with Crippen LogP contribution in [0.2, 0.25) is 0 Å². The lowest BCUT2D eigenvalue weighted by atomic mass is 9.94. The number of thiocarbonyl (C=S) groups is 1. The van der Waals surface area contributed by atoms with Gasteiger partial charge in [-0.05, 0) is 24.2 Å². The maximum Gasteiger partial charge on any atom is 0.164 e. The molecular formula is C13H18OS. The van der Waals surface area contributed by atoms with Crippen LogP contribution in [0.15, 0.2) is 30.3 Å². The van der Waals surface area contributed by atoms with Gasteiger partial charge in [-0.15, -0.1) is 0 Å². The Morgan fingerprint density at radius 3 is 2.47 bits per heavy atom. The van der Waals surface area contributed by atoms with Gasteiger partial charge < -0.3 is 5.11 Å². The summed E-state index contributed by atoms with van der Waals surface area (Å²) in [7, 11) is 0. The van der Waals surface area contributed by atoms with Gasteiger partial charge >= 0.3 is 0 Å². The van der Waals surface area contributed by atoms with E-state index in [1.54, 1.807) is 0 Å². The van der Waals surface area contributed by atoms with Gasteiger partial charge in [0.1, 0.15) is 0 Å². The maximum absolute atomic E-state index is 9.50. The smallest absolute Gasteiger partial charge is 0.164 e. The van der Waals surface area contributed by atoms with Crippen LogP contribution in [0.3, 0.4) is 0 Å². The van der Waals surface area contributed by atoms with E-state index in [1.165, 1.54) is 12.8 Å². The van der Waals surface area contributed by atoms with Crippen molar-refractivity contribution in [2.24, 2.45) is 0 Å². The van der Waals surface area contributed by atoms with Crippen LogP contribution in [0.4, 0.5) is 0 Å². The molecule has 1 aromatic carbocycles. The number of aliphatic hydroxyl groups is 1. The van der Waals surface area contributed by atoms with Crippen LogP contribution in [0.5, 0.6) is 0 Å². The molecule has 82 valence electrons. The molecule has 0 aliphatic heterocycles. The molecule has 0 aliphatic carbocycles. The molecule has 1 unspecified atom stereocenters.